The highest BCUT2D eigenvalue weighted by molar-refractivity contribution is 6.05. The molecule has 5 nitrogen and oxygen atoms in total. The van der Waals surface area contributed by atoms with E-state index in [4.69, 9.17) is 5.73 Å². The Hall–Kier alpha value is -1.92. The zero-order valence-electron chi connectivity index (χ0n) is 13.4. The number of fused-ring (bicyclic) bond motifs is 1. The van der Waals surface area contributed by atoms with Gasteiger partial charge in [-0.2, -0.15) is 0 Å². The molecule has 2 aromatic rings. The first-order chi connectivity index (χ1) is 10.2. The van der Waals surface area contributed by atoms with Gasteiger partial charge >= 0.3 is 0 Å². The molecule has 0 bridgehead atoms. The van der Waals surface area contributed by atoms with Gasteiger partial charge in [-0.25, -0.2) is 4.39 Å². The molecule has 0 unspecified atom stereocenters. The predicted molar refractivity (Wildman–Crippen MR) is 91.6 cm³/mol. The van der Waals surface area contributed by atoms with E-state index in [1.165, 1.54) is 29.2 Å². The minimum absolute atomic E-state index is 0. The highest BCUT2D eigenvalue weighted by Crippen LogP contribution is 2.20. The highest BCUT2D eigenvalue weighted by atomic mass is 35.5. The number of H-pyrrole nitrogens is 1. The van der Waals surface area contributed by atoms with Gasteiger partial charge in [-0.05, 0) is 30.2 Å². The third kappa shape index (κ3) is 4.30. The SMILES string of the molecule is CN(CC(C)(C)CN)C(=O)c1cc(=O)[nH]c2cc(F)ccc12.Cl. The number of aromatic amines is 1. The van der Waals surface area contributed by atoms with Gasteiger partial charge in [0.2, 0.25) is 5.56 Å². The fraction of sp³-hybridized carbons (Fsp3) is 0.375. The van der Waals surface area contributed by atoms with Crippen molar-refractivity contribution >= 4 is 29.2 Å². The Bertz CT molecular complexity index is 773. The van der Waals surface area contributed by atoms with Crippen molar-refractivity contribution < 1.29 is 9.18 Å². The van der Waals surface area contributed by atoms with Gasteiger partial charge in [0.05, 0.1) is 11.1 Å². The van der Waals surface area contributed by atoms with E-state index in [1.54, 1.807) is 7.05 Å². The lowest BCUT2D eigenvalue weighted by Gasteiger charge is -2.29. The molecular weight excluding hydrogens is 321 g/mol. The molecule has 0 saturated carbocycles. The van der Waals surface area contributed by atoms with Crippen LogP contribution in [0.1, 0.15) is 24.2 Å². The number of hydrogen-bond donors (Lipinski definition) is 2. The summed E-state index contributed by atoms with van der Waals surface area (Å²) in [4.78, 5) is 28.4. The van der Waals surface area contributed by atoms with Crippen LogP contribution in [-0.4, -0.2) is 35.9 Å². The van der Waals surface area contributed by atoms with Gasteiger partial charge < -0.3 is 15.6 Å². The van der Waals surface area contributed by atoms with Crippen molar-refractivity contribution in [3.05, 3.63) is 46.0 Å². The van der Waals surface area contributed by atoms with E-state index >= 15 is 0 Å². The Labute approximate surface area is 140 Å². The number of pyridine rings is 1. The molecule has 1 heterocycles. The van der Waals surface area contributed by atoms with E-state index in [2.05, 4.69) is 4.98 Å². The van der Waals surface area contributed by atoms with Crippen molar-refractivity contribution in [1.82, 2.24) is 9.88 Å². The van der Waals surface area contributed by atoms with Crippen LogP contribution in [0.5, 0.6) is 0 Å². The summed E-state index contributed by atoms with van der Waals surface area (Å²) in [7, 11) is 1.66. The van der Waals surface area contributed by atoms with Crippen molar-refractivity contribution in [1.29, 1.82) is 0 Å². The molecule has 0 saturated heterocycles. The van der Waals surface area contributed by atoms with Gasteiger partial charge in [0.15, 0.2) is 0 Å². The van der Waals surface area contributed by atoms with Gasteiger partial charge in [-0.1, -0.05) is 13.8 Å². The Balaban J connectivity index is 0.00000264. The molecule has 1 aromatic carbocycles. The minimum Gasteiger partial charge on any atom is -0.341 e. The molecule has 0 aliphatic rings. The number of nitrogens with zero attached hydrogens (tertiary/aromatic N) is 1. The van der Waals surface area contributed by atoms with Crippen LogP contribution in [0, 0.1) is 11.2 Å². The van der Waals surface area contributed by atoms with Crippen molar-refractivity contribution in [2.24, 2.45) is 11.1 Å². The molecule has 0 radical (unpaired) electrons. The molecule has 0 atom stereocenters. The summed E-state index contributed by atoms with van der Waals surface area (Å²) in [6.45, 7) is 4.81. The molecule has 7 heteroatoms. The molecule has 23 heavy (non-hydrogen) atoms. The van der Waals surface area contributed by atoms with Crippen LogP contribution in [-0.2, 0) is 0 Å². The van der Waals surface area contributed by atoms with E-state index in [-0.39, 0.29) is 29.3 Å². The summed E-state index contributed by atoms with van der Waals surface area (Å²) in [6, 6.07) is 5.21. The second kappa shape index (κ2) is 7.10. The summed E-state index contributed by atoms with van der Waals surface area (Å²) in [6.07, 6.45) is 0. The van der Waals surface area contributed by atoms with Crippen LogP contribution < -0.4 is 11.3 Å². The standard InChI is InChI=1S/C16H20FN3O2.ClH/c1-16(2,8-18)9-20(3)15(22)12-7-14(21)19-13-6-10(17)4-5-11(12)13;/h4-7H,8-9,18H2,1-3H3,(H,19,21);1H. The fourth-order valence-corrected chi connectivity index (χ4v) is 2.39. The smallest absolute Gasteiger partial charge is 0.254 e. The molecule has 3 N–H and O–H groups in total. The second-order valence-corrected chi connectivity index (χ2v) is 6.27. The molecule has 1 aromatic heterocycles. The van der Waals surface area contributed by atoms with Crippen molar-refractivity contribution in [3.8, 4) is 0 Å². The number of rotatable bonds is 4. The zero-order chi connectivity index (χ0) is 16.5. The maximum absolute atomic E-state index is 13.3. The average molecular weight is 342 g/mol. The molecular formula is C16H21ClFN3O2. The normalized spacial score (nSPS) is 11.2. The van der Waals surface area contributed by atoms with Crippen LogP contribution in [0.2, 0.25) is 0 Å². The van der Waals surface area contributed by atoms with Gasteiger partial charge in [0.25, 0.3) is 5.91 Å². The molecule has 0 aliphatic carbocycles. The Morgan fingerprint density at radius 1 is 1.35 bits per heavy atom. The lowest BCUT2D eigenvalue weighted by molar-refractivity contribution is 0.0742. The minimum atomic E-state index is -0.467. The van der Waals surface area contributed by atoms with E-state index in [0.717, 1.165) is 0 Å². The van der Waals surface area contributed by atoms with Crippen molar-refractivity contribution in [3.63, 3.8) is 0 Å². The number of halogens is 2. The summed E-state index contributed by atoms with van der Waals surface area (Å²) >= 11 is 0. The van der Waals surface area contributed by atoms with Crippen LogP contribution >= 0.6 is 12.4 Å². The predicted octanol–water partition coefficient (Wildman–Crippen LogP) is 2.15. The summed E-state index contributed by atoms with van der Waals surface area (Å²) in [5.41, 5.74) is 5.59. The number of benzene rings is 1. The first kappa shape index (κ1) is 19.1. The average Bonchev–Trinajstić information content (AvgIpc) is 2.44. The topological polar surface area (TPSA) is 79.2 Å². The maximum Gasteiger partial charge on any atom is 0.254 e. The van der Waals surface area contributed by atoms with Crippen LogP contribution in [0.3, 0.4) is 0 Å². The third-order valence-corrected chi connectivity index (χ3v) is 3.60. The van der Waals surface area contributed by atoms with Crippen LogP contribution in [0.15, 0.2) is 29.1 Å². The number of aromatic nitrogens is 1. The monoisotopic (exact) mass is 341 g/mol. The summed E-state index contributed by atoms with van der Waals surface area (Å²) in [5.74, 6) is -0.755. The lowest BCUT2D eigenvalue weighted by Crippen LogP contribution is -2.40. The third-order valence-electron chi connectivity index (χ3n) is 3.60. The van der Waals surface area contributed by atoms with Gasteiger partial charge in [-0.15, -0.1) is 12.4 Å². The zero-order valence-corrected chi connectivity index (χ0v) is 14.2. The van der Waals surface area contributed by atoms with E-state index in [0.29, 0.717) is 24.0 Å². The highest BCUT2D eigenvalue weighted by Gasteiger charge is 2.23. The second-order valence-electron chi connectivity index (χ2n) is 6.27. The number of amides is 1. The molecule has 0 spiro atoms. The van der Waals surface area contributed by atoms with Gasteiger partial charge in [-0.3, -0.25) is 9.59 Å². The summed E-state index contributed by atoms with van der Waals surface area (Å²) in [5, 5.41) is 0.517. The largest absolute Gasteiger partial charge is 0.341 e. The number of hydrogen-bond acceptors (Lipinski definition) is 3. The van der Waals surface area contributed by atoms with E-state index in [1.807, 2.05) is 13.8 Å². The Kier molecular flexibility index (Phi) is 5.91. The van der Waals surface area contributed by atoms with Crippen molar-refractivity contribution in [2.45, 2.75) is 13.8 Å². The number of carbonyl (C=O) groups excluding carboxylic acids is 1. The van der Waals surface area contributed by atoms with Crippen molar-refractivity contribution in [2.75, 3.05) is 20.1 Å². The Morgan fingerprint density at radius 3 is 2.61 bits per heavy atom. The molecule has 2 rings (SSSR count). The maximum atomic E-state index is 13.3. The number of nitrogens with two attached hydrogens (primary N) is 1. The quantitative estimate of drug-likeness (QED) is 0.894. The van der Waals surface area contributed by atoms with E-state index < -0.39 is 11.4 Å². The Morgan fingerprint density at radius 2 is 2.00 bits per heavy atom. The van der Waals surface area contributed by atoms with Crippen LogP contribution in [0.4, 0.5) is 4.39 Å². The summed E-state index contributed by atoms with van der Waals surface area (Å²) < 4.78 is 13.3. The van der Waals surface area contributed by atoms with Gasteiger partial charge in [0, 0.05) is 25.0 Å². The van der Waals surface area contributed by atoms with Crippen LogP contribution in [0.25, 0.3) is 10.9 Å². The molecule has 0 aliphatic heterocycles. The lowest BCUT2D eigenvalue weighted by atomic mass is 9.93. The first-order valence-corrected chi connectivity index (χ1v) is 7.02. The molecule has 0 fully saturated rings. The molecule has 126 valence electrons. The van der Waals surface area contributed by atoms with Gasteiger partial charge in [0.1, 0.15) is 5.82 Å². The number of carbonyl (C=O) groups is 1. The fourth-order valence-electron chi connectivity index (χ4n) is 2.39. The van der Waals surface area contributed by atoms with E-state index in [9.17, 15) is 14.0 Å². The number of nitrogens with one attached hydrogen (secondary N) is 1. The first-order valence-electron chi connectivity index (χ1n) is 7.02. The molecule has 1 amide bonds.